The Morgan fingerprint density at radius 3 is 2.69 bits per heavy atom. The smallest absolute Gasteiger partial charge is 0.305 e. The van der Waals surface area contributed by atoms with Gasteiger partial charge in [0.25, 0.3) is 0 Å². The molecule has 0 radical (unpaired) electrons. The van der Waals surface area contributed by atoms with Crippen LogP contribution in [0.15, 0.2) is 61.1 Å². The lowest BCUT2D eigenvalue weighted by atomic mass is 10.0. The minimum atomic E-state index is -0.231. The zero-order valence-electron chi connectivity index (χ0n) is 19.7. The number of likely N-dealkylation sites (tertiary alicyclic amines) is 1. The summed E-state index contributed by atoms with van der Waals surface area (Å²) in [7, 11) is 3.23. The minimum absolute atomic E-state index is 0.0653. The van der Waals surface area contributed by atoms with Gasteiger partial charge in [-0.25, -0.2) is 0 Å². The van der Waals surface area contributed by atoms with Crippen LogP contribution < -0.4 is 4.74 Å². The van der Waals surface area contributed by atoms with E-state index >= 15 is 0 Å². The van der Waals surface area contributed by atoms with Crippen LogP contribution in [-0.4, -0.2) is 45.9 Å². The fraction of sp³-hybridized carbons (Fsp3) is 0.259. The highest BCUT2D eigenvalue weighted by Crippen LogP contribution is 2.41. The quantitative estimate of drug-likeness (QED) is 0.389. The second-order valence-electron chi connectivity index (χ2n) is 8.63. The Labute approximate surface area is 202 Å². The first-order valence-electron chi connectivity index (χ1n) is 11.5. The molecule has 1 unspecified atom stereocenters. The second kappa shape index (κ2) is 9.58. The van der Waals surface area contributed by atoms with Crippen LogP contribution in [0.4, 0.5) is 0 Å². The molecule has 35 heavy (non-hydrogen) atoms. The molecule has 0 bridgehead atoms. The van der Waals surface area contributed by atoms with E-state index in [1.165, 1.54) is 7.11 Å². The normalized spacial score (nSPS) is 15.5. The lowest BCUT2D eigenvalue weighted by molar-refractivity contribution is -0.140. The highest BCUT2D eigenvalue weighted by atomic mass is 16.5. The molecule has 2 aromatic carbocycles. The van der Waals surface area contributed by atoms with E-state index in [1.807, 2.05) is 43.4 Å². The third-order valence-corrected chi connectivity index (χ3v) is 6.44. The number of methoxy groups -OCH3 is 1. The van der Waals surface area contributed by atoms with E-state index in [0.717, 1.165) is 39.8 Å². The summed E-state index contributed by atoms with van der Waals surface area (Å²) in [5.74, 6) is 1.29. The average molecular weight is 471 g/mol. The molecule has 5 rings (SSSR count). The number of aryl methyl sites for hydroxylation is 1. The van der Waals surface area contributed by atoms with Crippen molar-refractivity contribution in [3.63, 3.8) is 0 Å². The summed E-state index contributed by atoms with van der Waals surface area (Å²) >= 11 is 0. The van der Waals surface area contributed by atoms with Crippen molar-refractivity contribution in [2.24, 2.45) is 0 Å². The van der Waals surface area contributed by atoms with Crippen molar-refractivity contribution in [1.82, 2.24) is 19.9 Å². The summed E-state index contributed by atoms with van der Waals surface area (Å²) < 4.78 is 11.1. The van der Waals surface area contributed by atoms with Crippen molar-refractivity contribution in [3.8, 4) is 22.9 Å². The SMILES string of the molecule is COC(=O)CCc1ccc(Oc2cc3cc(-c4cnccn4)[nH]c3cc2C2CCC(=O)N2C)cc1. The summed E-state index contributed by atoms with van der Waals surface area (Å²) in [6.45, 7) is 0. The van der Waals surface area contributed by atoms with Gasteiger partial charge in [0, 0.05) is 48.7 Å². The number of ether oxygens (including phenoxy) is 2. The number of hydrogen-bond acceptors (Lipinski definition) is 6. The standard InChI is InChI=1S/C27H26N4O4/c1-31-24(8-9-26(31)32)20-15-21-18(13-22(30-21)23-16-28-11-12-29-23)14-25(20)35-19-6-3-17(4-7-19)5-10-27(33)34-2/h3-4,6-7,11-16,24,30H,5,8-10H2,1-2H3. The van der Waals surface area contributed by atoms with Crippen LogP contribution in [0.3, 0.4) is 0 Å². The number of rotatable bonds is 7. The number of fused-ring (bicyclic) bond motifs is 1. The van der Waals surface area contributed by atoms with Crippen molar-refractivity contribution in [2.75, 3.05) is 14.2 Å². The Balaban J connectivity index is 1.48. The topological polar surface area (TPSA) is 97.4 Å². The van der Waals surface area contributed by atoms with Crippen molar-refractivity contribution < 1.29 is 19.1 Å². The van der Waals surface area contributed by atoms with Gasteiger partial charge in [0.2, 0.25) is 5.91 Å². The summed E-state index contributed by atoms with van der Waals surface area (Å²) in [6, 6.07) is 13.7. The van der Waals surface area contributed by atoms with Crippen LogP contribution >= 0.6 is 0 Å². The maximum Gasteiger partial charge on any atom is 0.305 e. The van der Waals surface area contributed by atoms with Gasteiger partial charge in [0.15, 0.2) is 0 Å². The molecule has 8 heteroatoms. The number of aromatic amines is 1. The van der Waals surface area contributed by atoms with E-state index in [-0.39, 0.29) is 17.9 Å². The number of nitrogens with zero attached hydrogens (tertiary/aromatic N) is 3. The fourth-order valence-corrected chi connectivity index (χ4v) is 4.47. The molecule has 0 spiro atoms. The molecule has 178 valence electrons. The van der Waals surface area contributed by atoms with Crippen molar-refractivity contribution in [1.29, 1.82) is 0 Å². The molecule has 1 saturated heterocycles. The summed E-state index contributed by atoms with van der Waals surface area (Å²) in [4.78, 5) is 37.5. The van der Waals surface area contributed by atoms with Gasteiger partial charge in [-0.15, -0.1) is 0 Å². The molecule has 0 saturated carbocycles. The molecule has 1 atom stereocenters. The van der Waals surface area contributed by atoms with Gasteiger partial charge in [-0.05, 0) is 48.7 Å². The van der Waals surface area contributed by atoms with E-state index in [2.05, 4.69) is 21.0 Å². The highest BCUT2D eigenvalue weighted by molar-refractivity contribution is 5.88. The summed E-state index contributed by atoms with van der Waals surface area (Å²) in [6.07, 6.45) is 7.21. The van der Waals surface area contributed by atoms with Crippen LogP contribution in [0.25, 0.3) is 22.3 Å². The average Bonchev–Trinajstić information content (AvgIpc) is 3.45. The predicted molar refractivity (Wildman–Crippen MR) is 131 cm³/mol. The number of benzene rings is 2. The number of amides is 1. The van der Waals surface area contributed by atoms with Crippen molar-refractivity contribution in [2.45, 2.75) is 31.7 Å². The third-order valence-electron chi connectivity index (χ3n) is 6.44. The van der Waals surface area contributed by atoms with E-state index < -0.39 is 0 Å². The number of carbonyl (C=O) groups excluding carboxylic acids is 2. The van der Waals surface area contributed by atoms with Gasteiger partial charge in [0.05, 0.1) is 25.0 Å². The van der Waals surface area contributed by atoms with Crippen LogP contribution in [0.2, 0.25) is 0 Å². The first-order valence-corrected chi connectivity index (χ1v) is 11.5. The van der Waals surface area contributed by atoms with Crippen molar-refractivity contribution >= 4 is 22.8 Å². The molecule has 1 N–H and O–H groups in total. The molecule has 8 nitrogen and oxygen atoms in total. The lowest BCUT2D eigenvalue weighted by Gasteiger charge is -2.23. The number of H-pyrrole nitrogens is 1. The Kier molecular flexibility index (Phi) is 6.18. The summed E-state index contributed by atoms with van der Waals surface area (Å²) in [5.41, 5.74) is 4.54. The van der Waals surface area contributed by atoms with Gasteiger partial charge in [-0.1, -0.05) is 12.1 Å². The maximum absolute atomic E-state index is 12.3. The van der Waals surface area contributed by atoms with Crippen molar-refractivity contribution in [3.05, 3.63) is 72.2 Å². The van der Waals surface area contributed by atoms with Crippen LogP contribution in [0.5, 0.6) is 11.5 Å². The highest BCUT2D eigenvalue weighted by Gasteiger charge is 2.31. The zero-order valence-corrected chi connectivity index (χ0v) is 19.7. The van der Waals surface area contributed by atoms with E-state index in [0.29, 0.717) is 30.8 Å². The van der Waals surface area contributed by atoms with Gasteiger partial charge >= 0.3 is 5.97 Å². The number of esters is 1. The number of aromatic nitrogens is 3. The van der Waals surface area contributed by atoms with Gasteiger partial charge < -0.3 is 19.4 Å². The minimum Gasteiger partial charge on any atom is -0.469 e. The van der Waals surface area contributed by atoms with E-state index in [9.17, 15) is 9.59 Å². The Hall–Kier alpha value is -4.20. The second-order valence-corrected chi connectivity index (χ2v) is 8.63. The van der Waals surface area contributed by atoms with Gasteiger partial charge in [-0.3, -0.25) is 19.6 Å². The Bertz CT molecular complexity index is 1370. The Morgan fingerprint density at radius 1 is 1.17 bits per heavy atom. The molecule has 0 aliphatic carbocycles. The monoisotopic (exact) mass is 470 g/mol. The molecule has 4 aromatic rings. The molecule has 2 aromatic heterocycles. The number of hydrogen-bond donors (Lipinski definition) is 1. The number of nitrogens with one attached hydrogen (secondary N) is 1. The largest absolute Gasteiger partial charge is 0.469 e. The lowest BCUT2D eigenvalue weighted by Crippen LogP contribution is -2.22. The van der Waals surface area contributed by atoms with Gasteiger partial charge in [-0.2, -0.15) is 0 Å². The van der Waals surface area contributed by atoms with Crippen LogP contribution in [0.1, 0.15) is 36.4 Å². The maximum atomic E-state index is 12.3. The van der Waals surface area contributed by atoms with E-state index in [4.69, 9.17) is 9.47 Å². The molecular formula is C27H26N4O4. The predicted octanol–water partition coefficient (Wildman–Crippen LogP) is 4.82. The molecule has 3 heterocycles. The Morgan fingerprint density at radius 2 is 2.00 bits per heavy atom. The molecule has 1 aliphatic heterocycles. The summed E-state index contributed by atoms with van der Waals surface area (Å²) in [5, 5.41) is 0.978. The van der Waals surface area contributed by atoms with Crippen LogP contribution in [0, 0.1) is 0 Å². The third kappa shape index (κ3) is 4.73. The van der Waals surface area contributed by atoms with E-state index in [1.54, 1.807) is 23.5 Å². The molecule has 1 fully saturated rings. The van der Waals surface area contributed by atoms with Crippen LogP contribution in [-0.2, 0) is 20.7 Å². The number of carbonyl (C=O) groups is 2. The molecule has 1 aliphatic rings. The zero-order chi connectivity index (χ0) is 24.4. The van der Waals surface area contributed by atoms with Gasteiger partial charge in [0.1, 0.15) is 17.2 Å². The molecule has 1 amide bonds. The first kappa shape index (κ1) is 22.6. The molecular weight excluding hydrogens is 444 g/mol. The first-order chi connectivity index (χ1) is 17.0. The fourth-order valence-electron chi connectivity index (χ4n) is 4.47.